The molecular weight excluding hydrogens is 304 g/mol. The van der Waals surface area contributed by atoms with Gasteiger partial charge in [-0.3, -0.25) is 10.1 Å². The monoisotopic (exact) mass is 330 g/mol. The lowest BCUT2D eigenvalue weighted by Gasteiger charge is -2.31. The number of methoxy groups -OCH3 is 2. The van der Waals surface area contributed by atoms with Crippen LogP contribution in [0.5, 0.6) is 5.75 Å². The fourth-order valence-corrected chi connectivity index (χ4v) is 3.68. The zero-order valence-electron chi connectivity index (χ0n) is 15.0. The zero-order valence-corrected chi connectivity index (χ0v) is 15.0. The number of hydrogen-bond acceptors (Lipinski definition) is 4. The Morgan fingerprint density at radius 3 is 2.71 bits per heavy atom. The molecule has 130 valence electrons. The minimum atomic E-state index is -0.298. The second-order valence-electron chi connectivity index (χ2n) is 7.01. The minimum absolute atomic E-state index is 0.122. The van der Waals surface area contributed by atoms with Crippen LogP contribution in [0.1, 0.15) is 43.1 Å². The van der Waals surface area contributed by atoms with E-state index in [4.69, 9.17) is 9.47 Å². The molecule has 2 aromatic rings. The number of aromatic amines is 1. The van der Waals surface area contributed by atoms with E-state index < -0.39 is 0 Å². The number of H-pyrrole nitrogens is 1. The number of nitrogens with one attached hydrogen (secondary N) is 2. The van der Waals surface area contributed by atoms with Crippen LogP contribution in [0.4, 0.5) is 0 Å². The first-order valence-electron chi connectivity index (χ1n) is 8.47. The molecule has 24 heavy (non-hydrogen) atoms. The Hall–Kier alpha value is -2.01. The third-order valence-corrected chi connectivity index (χ3v) is 4.81. The highest BCUT2D eigenvalue weighted by Gasteiger charge is 2.34. The van der Waals surface area contributed by atoms with Crippen LogP contribution in [-0.2, 0) is 16.0 Å². The maximum atomic E-state index is 12.1. The van der Waals surface area contributed by atoms with Gasteiger partial charge in [0.1, 0.15) is 11.8 Å². The van der Waals surface area contributed by atoms with Gasteiger partial charge in [-0.15, -0.1) is 0 Å². The second-order valence-corrected chi connectivity index (χ2v) is 7.01. The standard InChI is InChI=1S/C19H26N2O3/c1-10(2)6-15-18-13(8-16(20-15)19(22)24-5)12-7-11(3)17(23-4)9-14(12)21-18/h7,9-10,15-16,20-21H,6,8H2,1-5H3/t15-,16+/m0/s1. The van der Waals surface area contributed by atoms with E-state index in [0.717, 1.165) is 23.3 Å². The summed E-state index contributed by atoms with van der Waals surface area (Å²) in [5, 5.41) is 4.63. The van der Waals surface area contributed by atoms with Gasteiger partial charge in [0.15, 0.2) is 0 Å². The Morgan fingerprint density at radius 1 is 1.33 bits per heavy atom. The summed E-state index contributed by atoms with van der Waals surface area (Å²) in [6.07, 6.45) is 1.60. The topological polar surface area (TPSA) is 63.4 Å². The molecule has 0 radical (unpaired) electrons. The summed E-state index contributed by atoms with van der Waals surface area (Å²) in [6.45, 7) is 6.43. The predicted molar refractivity (Wildman–Crippen MR) is 94.4 cm³/mol. The summed E-state index contributed by atoms with van der Waals surface area (Å²) in [5.41, 5.74) is 4.56. The van der Waals surface area contributed by atoms with E-state index in [1.54, 1.807) is 7.11 Å². The van der Waals surface area contributed by atoms with E-state index in [9.17, 15) is 4.79 Å². The van der Waals surface area contributed by atoms with E-state index >= 15 is 0 Å². The average Bonchev–Trinajstić information content (AvgIpc) is 2.90. The molecular formula is C19H26N2O3. The molecule has 3 rings (SSSR count). The third-order valence-electron chi connectivity index (χ3n) is 4.81. The normalized spacial score (nSPS) is 20.2. The van der Waals surface area contributed by atoms with Crippen molar-refractivity contribution in [3.63, 3.8) is 0 Å². The van der Waals surface area contributed by atoms with Crippen LogP contribution in [0.15, 0.2) is 12.1 Å². The second kappa shape index (κ2) is 6.48. The molecule has 1 aliphatic heterocycles. The number of aryl methyl sites for hydroxylation is 1. The summed E-state index contributed by atoms with van der Waals surface area (Å²) >= 11 is 0. The average molecular weight is 330 g/mol. The highest BCUT2D eigenvalue weighted by molar-refractivity contribution is 5.89. The molecule has 0 bridgehead atoms. The summed E-state index contributed by atoms with van der Waals surface area (Å²) in [5.74, 6) is 1.20. The van der Waals surface area contributed by atoms with Crippen molar-refractivity contribution in [1.82, 2.24) is 10.3 Å². The molecule has 2 heterocycles. The fourth-order valence-electron chi connectivity index (χ4n) is 3.68. The lowest BCUT2D eigenvalue weighted by molar-refractivity contribution is -0.143. The lowest BCUT2D eigenvalue weighted by atomic mass is 9.89. The van der Waals surface area contributed by atoms with Crippen molar-refractivity contribution in [2.24, 2.45) is 5.92 Å². The molecule has 0 spiro atoms. The number of hydrogen-bond donors (Lipinski definition) is 2. The van der Waals surface area contributed by atoms with Crippen molar-refractivity contribution < 1.29 is 14.3 Å². The number of benzene rings is 1. The summed E-state index contributed by atoms with van der Waals surface area (Å²) in [6, 6.07) is 4.02. The first-order chi connectivity index (χ1) is 11.4. The van der Waals surface area contributed by atoms with Gasteiger partial charge in [-0.1, -0.05) is 13.8 Å². The van der Waals surface area contributed by atoms with Gasteiger partial charge in [-0.05, 0) is 36.5 Å². The molecule has 0 fully saturated rings. The van der Waals surface area contributed by atoms with Crippen LogP contribution in [0.2, 0.25) is 0 Å². The molecule has 0 unspecified atom stereocenters. The Bertz CT molecular complexity index is 764. The highest BCUT2D eigenvalue weighted by Crippen LogP contribution is 2.37. The molecule has 5 heteroatoms. The van der Waals surface area contributed by atoms with Crippen LogP contribution >= 0.6 is 0 Å². The summed E-state index contributed by atoms with van der Waals surface area (Å²) in [7, 11) is 3.13. The first kappa shape index (κ1) is 16.8. The third kappa shape index (κ3) is 2.88. The van der Waals surface area contributed by atoms with Gasteiger partial charge in [0.2, 0.25) is 0 Å². The van der Waals surface area contributed by atoms with E-state index in [1.165, 1.54) is 23.8 Å². The lowest BCUT2D eigenvalue weighted by Crippen LogP contribution is -2.45. The van der Waals surface area contributed by atoms with Gasteiger partial charge in [0, 0.05) is 35.1 Å². The molecule has 0 aliphatic carbocycles. The van der Waals surface area contributed by atoms with Crippen molar-refractivity contribution in [3.8, 4) is 5.75 Å². The number of esters is 1. The maximum Gasteiger partial charge on any atom is 0.323 e. The summed E-state index contributed by atoms with van der Waals surface area (Å²) < 4.78 is 10.4. The van der Waals surface area contributed by atoms with Crippen molar-refractivity contribution in [2.45, 2.75) is 45.7 Å². The number of ether oxygens (including phenoxy) is 2. The number of rotatable bonds is 4. The minimum Gasteiger partial charge on any atom is -0.496 e. The molecule has 0 amide bonds. The van der Waals surface area contributed by atoms with Crippen LogP contribution < -0.4 is 10.1 Å². The maximum absolute atomic E-state index is 12.1. The van der Waals surface area contributed by atoms with Crippen molar-refractivity contribution >= 4 is 16.9 Å². The number of carbonyl (C=O) groups excluding carboxylic acids is 1. The molecule has 1 aromatic heterocycles. The van der Waals surface area contributed by atoms with Crippen molar-refractivity contribution in [3.05, 3.63) is 29.0 Å². The molecule has 5 nitrogen and oxygen atoms in total. The Balaban J connectivity index is 2.11. The van der Waals surface area contributed by atoms with E-state index in [0.29, 0.717) is 12.3 Å². The quantitative estimate of drug-likeness (QED) is 0.845. The van der Waals surface area contributed by atoms with Gasteiger partial charge < -0.3 is 14.5 Å². The molecule has 1 aliphatic rings. The van der Waals surface area contributed by atoms with Gasteiger partial charge in [0.05, 0.1) is 14.2 Å². The number of aromatic nitrogens is 1. The first-order valence-corrected chi connectivity index (χ1v) is 8.47. The number of fused-ring (bicyclic) bond motifs is 3. The molecule has 0 saturated heterocycles. The van der Waals surface area contributed by atoms with Crippen LogP contribution in [0.3, 0.4) is 0 Å². The largest absolute Gasteiger partial charge is 0.496 e. The van der Waals surface area contributed by atoms with Gasteiger partial charge in [-0.25, -0.2) is 0 Å². The molecule has 1 aromatic carbocycles. The Labute approximate surface area is 142 Å². The predicted octanol–water partition coefficient (Wildman–Crippen LogP) is 3.26. The van der Waals surface area contributed by atoms with Crippen molar-refractivity contribution in [1.29, 1.82) is 0 Å². The SMILES string of the molecule is COC(=O)[C@H]1Cc2c([nH]c3cc(OC)c(C)cc23)[C@H](CC(C)C)N1. The Kier molecular flexibility index (Phi) is 4.54. The molecule has 0 saturated carbocycles. The molecule has 2 atom stereocenters. The van der Waals surface area contributed by atoms with Crippen LogP contribution in [0, 0.1) is 12.8 Å². The van der Waals surface area contributed by atoms with Crippen molar-refractivity contribution in [2.75, 3.05) is 14.2 Å². The van der Waals surface area contributed by atoms with Crippen LogP contribution in [0.25, 0.3) is 10.9 Å². The highest BCUT2D eigenvalue weighted by atomic mass is 16.5. The van der Waals surface area contributed by atoms with E-state index in [1.807, 2.05) is 13.0 Å². The summed E-state index contributed by atoms with van der Waals surface area (Å²) in [4.78, 5) is 15.7. The van der Waals surface area contributed by atoms with Gasteiger partial charge in [0.25, 0.3) is 0 Å². The van der Waals surface area contributed by atoms with Gasteiger partial charge >= 0.3 is 5.97 Å². The number of carbonyl (C=O) groups is 1. The Morgan fingerprint density at radius 2 is 2.08 bits per heavy atom. The van der Waals surface area contributed by atoms with E-state index in [-0.39, 0.29) is 18.1 Å². The van der Waals surface area contributed by atoms with Gasteiger partial charge in [-0.2, -0.15) is 0 Å². The smallest absolute Gasteiger partial charge is 0.323 e. The molecule has 2 N–H and O–H groups in total. The van der Waals surface area contributed by atoms with Crippen LogP contribution in [-0.4, -0.2) is 31.2 Å². The zero-order chi connectivity index (χ0) is 17.4. The van der Waals surface area contributed by atoms with E-state index in [2.05, 4.69) is 30.2 Å². The fraction of sp³-hybridized carbons (Fsp3) is 0.526.